The number of hydrogen-bond donors (Lipinski definition) is 1. The van der Waals surface area contributed by atoms with Gasteiger partial charge in [0.25, 0.3) is 0 Å². The van der Waals surface area contributed by atoms with Crippen LogP contribution in [0.1, 0.15) is 48.9 Å². The minimum absolute atomic E-state index is 0.169. The fourth-order valence-corrected chi connectivity index (χ4v) is 5.32. The lowest BCUT2D eigenvalue weighted by Crippen LogP contribution is -2.41. The lowest BCUT2D eigenvalue weighted by Gasteiger charge is -2.25. The van der Waals surface area contributed by atoms with E-state index >= 15 is 0 Å². The predicted octanol–water partition coefficient (Wildman–Crippen LogP) is 5.39. The van der Waals surface area contributed by atoms with Crippen LogP contribution in [0.4, 0.5) is 5.69 Å². The second kappa shape index (κ2) is 11.0. The van der Waals surface area contributed by atoms with Gasteiger partial charge in [0.05, 0.1) is 18.0 Å². The number of carbonyl (C=O) groups is 1. The van der Waals surface area contributed by atoms with Crippen molar-refractivity contribution in [2.24, 2.45) is 0 Å². The summed E-state index contributed by atoms with van der Waals surface area (Å²) in [7, 11) is -3.67. The number of carbonyl (C=O) groups excluding carboxylic acids is 1. The van der Waals surface area contributed by atoms with E-state index in [1.165, 1.54) is 24.0 Å². The van der Waals surface area contributed by atoms with Crippen molar-refractivity contribution >= 4 is 21.6 Å². The van der Waals surface area contributed by atoms with E-state index in [0.29, 0.717) is 17.2 Å². The number of aryl methyl sites for hydroxylation is 2. The standard InChI is InChI=1S/C28H32N2O4S/c1-3-27(23-14-13-21-9-7-8-10-22(21)19-23)29-28(31)20-30(35(2,32)33)24-15-17-26(18-16-24)34-25-11-5-4-6-12-25/h4-6,11-19,27H,3,7-10,20H2,1-2H3,(H,29,31)/t27-/m1/s1. The average molecular weight is 493 g/mol. The van der Waals surface area contributed by atoms with Crippen molar-refractivity contribution in [1.82, 2.24) is 5.32 Å². The van der Waals surface area contributed by atoms with Crippen molar-refractivity contribution in [2.75, 3.05) is 17.1 Å². The lowest BCUT2D eigenvalue weighted by atomic mass is 9.89. The first-order valence-electron chi connectivity index (χ1n) is 12.0. The highest BCUT2D eigenvalue weighted by Crippen LogP contribution is 2.27. The van der Waals surface area contributed by atoms with Crippen LogP contribution >= 0.6 is 0 Å². The van der Waals surface area contributed by atoms with Gasteiger partial charge in [0.1, 0.15) is 18.0 Å². The lowest BCUT2D eigenvalue weighted by molar-refractivity contribution is -0.120. The van der Waals surface area contributed by atoms with Crippen LogP contribution < -0.4 is 14.4 Å². The first-order valence-corrected chi connectivity index (χ1v) is 13.9. The Labute approximate surface area is 208 Å². The van der Waals surface area contributed by atoms with Crippen molar-refractivity contribution in [3.8, 4) is 11.5 Å². The van der Waals surface area contributed by atoms with Gasteiger partial charge in [-0.2, -0.15) is 0 Å². The topological polar surface area (TPSA) is 75.7 Å². The number of hydrogen-bond acceptors (Lipinski definition) is 4. The molecule has 1 aliphatic rings. The molecule has 7 heteroatoms. The Bertz CT molecular complexity index is 1260. The molecule has 0 fully saturated rings. The molecule has 0 unspecified atom stereocenters. The molecule has 4 rings (SSSR count). The summed E-state index contributed by atoms with van der Waals surface area (Å²) in [5, 5.41) is 3.04. The number of benzene rings is 3. The van der Waals surface area contributed by atoms with Crippen LogP contribution in [0, 0.1) is 0 Å². The molecular weight excluding hydrogens is 460 g/mol. The zero-order valence-electron chi connectivity index (χ0n) is 20.2. The number of fused-ring (bicyclic) bond motifs is 1. The summed E-state index contributed by atoms with van der Waals surface area (Å²) in [4.78, 5) is 13.0. The first kappa shape index (κ1) is 24.8. The third-order valence-corrected chi connectivity index (χ3v) is 7.45. The van der Waals surface area contributed by atoms with E-state index in [4.69, 9.17) is 4.74 Å². The minimum atomic E-state index is -3.67. The number of nitrogens with one attached hydrogen (secondary N) is 1. The minimum Gasteiger partial charge on any atom is -0.457 e. The van der Waals surface area contributed by atoms with E-state index in [1.807, 2.05) is 37.3 Å². The van der Waals surface area contributed by atoms with E-state index in [-0.39, 0.29) is 18.5 Å². The Morgan fingerprint density at radius 3 is 2.26 bits per heavy atom. The van der Waals surface area contributed by atoms with Gasteiger partial charge in [-0.3, -0.25) is 9.10 Å². The van der Waals surface area contributed by atoms with Crippen LogP contribution in [0.3, 0.4) is 0 Å². The highest BCUT2D eigenvalue weighted by Gasteiger charge is 2.23. The summed E-state index contributed by atoms with van der Waals surface area (Å²) in [5.41, 5.74) is 4.22. The fraction of sp³-hybridized carbons (Fsp3) is 0.321. The molecule has 0 aromatic heterocycles. The van der Waals surface area contributed by atoms with E-state index in [1.54, 1.807) is 24.3 Å². The van der Waals surface area contributed by atoms with Crippen LogP contribution in [0.25, 0.3) is 0 Å². The molecule has 0 heterocycles. The summed E-state index contributed by atoms with van der Waals surface area (Å²) in [6.07, 6.45) is 6.42. The summed E-state index contributed by atoms with van der Waals surface area (Å²) in [6.45, 7) is 1.73. The summed E-state index contributed by atoms with van der Waals surface area (Å²) in [5.74, 6) is 0.924. The van der Waals surface area contributed by atoms with Gasteiger partial charge in [0.15, 0.2) is 0 Å². The van der Waals surface area contributed by atoms with Gasteiger partial charge in [-0.1, -0.05) is 43.3 Å². The smallest absolute Gasteiger partial charge is 0.241 e. The summed E-state index contributed by atoms with van der Waals surface area (Å²) in [6, 6.07) is 22.3. The molecule has 1 amide bonds. The van der Waals surface area contributed by atoms with Crippen LogP contribution in [-0.2, 0) is 27.7 Å². The second-order valence-electron chi connectivity index (χ2n) is 8.94. The maximum absolute atomic E-state index is 13.0. The van der Waals surface area contributed by atoms with Crippen molar-refractivity contribution in [3.05, 3.63) is 89.5 Å². The summed E-state index contributed by atoms with van der Waals surface area (Å²) < 4.78 is 32.0. The second-order valence-corrected chi connectivity index (χ2v) is 10.8. The largest absolute Gasteiger partial charge is 0.457 e. The van der Waals surface area contributed by atoms with Gasteiger partial charge in [-0.15, -0.1) is 0 Å². The third kappa shape index (κ3) is 6.42. The number of anilines is 1. The Balaban J connectivity index is 1.46. The Morgan fingerprint density at radius 1 is 0.943 bits per heavy atom. The van der Waals surface area contributed by atoms with Gasteiger partial charge < -0.3 is 10.1 Å². The van der Waals surface area contributed by atoms with Gasteiger partial charge in [0, 0.05) is 0 Å². The van der Waals surface area contributed by atoms with Crippen molar-refractivity contribution in [2.45, 2.75) is 45.1 Å². The Hall–Kier alpha value is -3.32. The molecule has 1 N–H and O–H groups in total. The first-order chi connectivity index (χ1) is 16.8. The molecular formula is C28H32N2O4S. The molecule has 184 valence electrons. The Kier molecular flexibility index (Phi) is 7.76. The molecule has 3 aromatic rings. The number of rotatable bonds is 9. The van der Waals surface area contributed by atoms with Crippen LogP contribution in [0.5, 0.6) is 11.5 Å². The normalized spacial score (nSPS) is 14.0. The number of nitrogens with zero attached hydrogens (tertiary/aromatic N) is 1. The number of sulfonamides is 1. The maximum Gasteiger partial charge on any atom is 0.241 e. The highest BCUT2D eigenvalue weighted by molar-refractivity contribution is 7.92. The molecule has 35 heavy (non-hydrogen) atoms. The monoisotopic (exact) mass is 492 g/mol. The molecule has 1 atom stereocenters. The van der Waals surface area contributed by atoms with E-state index in [9.17, 15) is 13.2 Å². The Morgan fingerprint density at radius 2 is 1.60 bits per heavy atom. The molecule has 0 saturated heterocycles. The van der Waals surface area contributed by atoms with Gasteiger partial charge in [-0.25, -0.2) is 8.42 Å². The highest BCUT2D eigenvalue weighted by atomic mass is 32.2. The van der Waals surface area contributed by atoms with E-state index in [0.717, 1.165) is 35.4 Å². The molecule has 3 aromatic carbocycles. The van der Waals surface area contributed by atoms with Crippen LogP contribution in [0.15, 0.2) is 72.8 Å². The number of ether oxygens (including phenoxy) is 1. The van der Waals surface area contributed by atoms with Gasteiger partial charge in [-0.05, 0) is 85.2 Å². The van der Waals surface area contributed by atoms with Crippen molar-refractivity contribution < 1.29 is 17.9 Å². The fourth-order valence-electron chi connectivity index (χ4n) is 4.47. The van der Waals surface area contributed by atoms with E-state index in [2.05, 4.69) is 23.5 Å². The van der Waals surface area contributed by atoms with Crippen LogP contribution in [-0.4, -0.2) is 27.1 Å². The average Bonchev–Trinajstić information content (AvgIpc) is 2.86. The molecule has 0 spiro atoms. The van der Waals surface area contributed by atoms with Crippen LogP contribution in [0.2, 0.25) is 0 Å². The van der Waals surface area contributed by atoms with Gasteiger partial charge >= 0.3 is 0 Å². The predicted molar refractivity (Wildman–Crippen MR) is 139 cm³/mol. The maximum atomic E-state index is 13.0. The van der Waals surface area contributed by atoms with E-state index < -0.39 is 10.0 Å². The molecule has 0 saturated carbocycles. The SMILES string of the molecule is CC[C@@H](NC(=O)CN(c1ccc(Oc2ccccc2)cc1)S(C)(=O)=O)c1ccc2c(c1)CCCC2. The van der Waals surface area contributed by atoms with Gasteiger partial charge in [0.2, 0.25) is 15.9 Å². The summed E-state index contributed by atoms with van der Waals surface area (Å²) >= 11 is 0. The molecule has 6 nitrogen and oxygen atoms in total. The zero-order valence-corrected chi connectivity index (χ0v) is 21.1. The quantitative estimate of drug-likeness (QED) is 0.434. The number of para-hydroxylation sites is 1. The van der Waals surface area contributed by atoms with Crippen molar-refractivity contribution in [3.63, 3.8) is 0 Å². The zero-order chi connectivity index (χ0) is 24.8. The molecule has 0 radical (unpaired) electrons. The molecule has 0 aliphatic heterocycles. The third-order valence-electron chi connectivity index (χ3n) is 6.31. The van der Waals surface area contributed by atoms with Crippen molar-refractivity contribution in [1.29, 1.82) is 0 Å². The molecule has 0 bridgehead atoms. The number of amides is 1. The molecule has 1 aliphatic carbocycles.